The Kier molecular flexibility index (Phi) is 2.84. The Hall–Kier alpha value is -1.39. The number of pyridine rings is 1. The van der Waals surface area contributed by atoms with E-state index in [1.54, 1.807) is 18.3 Å². The highest BCUT2D eigenvalue weighted by atomic mass is 79.9. The molecule has 0 unspecified atom stereocenters. The summed E-state index contributed by atoms with van der Waals surface area (Å²) in [5.74, 6) is -0.354. The van der Waals surface area contributed by atoms with Gasteiger partial charge in [-0.2, -0.15) is 0 Å². The number of halogens is 3. The number of H-pyrrole nitrogens is 1. The van der Waals surface area contributed by atoms with Crippen LogP contribution in [0.15, 0.2) is 41.0 Å². The lowest BCUT2D eigenvalue weighted by Crippen LogP contribution is -1.85. The summed E-state index contributed by atoms with van der Waals surface area (Å²) in [7, 11) is 0. The molecule has 5 heteroatoms. The zero-order valence-electron chi connectivity index (χ0n) is 9.05. The molecule has 90 valence electrons. The van der Waals surface area contributed by atoms with Gasteiger partial charge in [0.05, 0.1) is 16.3 Å². The first-order valence-electron chi connectivity index (χ1n) is 5.24. The molecule has 3 rings (SSSR count). The van der Waals surface area contributed by atoms with Crippen LogP contribution in [0.25, 0.3) is 22.3 Å². The maximum absolute atomic E-state index is 13.8. The second-order valence-electron chi connectivity index (χ2n) is 3.87. The van der Waals surface area contributed by atoms with Gasteiger partial charge in [-0.1, -0.05) is 17.7 Å². The van der Waals surface area contributed by atoms with Crippen molar-refractivity contribution in [1.29, 1.82) is 0 Å². The van der Waals surface area contributed by atoms with E-state index in [1.807, 2.05) is 12.1 Å². The van der Waals surface area contributed by atoms with Crippen LogP contribution in [0.4, 0.5) is 4.39 Å². The van der Waals surface area contributed by atoms with E-state index in [2.05, 4.69) is 25.9 Å². The first kappa shape index (κ1) is 11.7. The third-order valence-corrected chi connectivity index (χ3v) is 3.42. The molecular weight excluding hydrogens is 319 g/mol. The van der Waals surface area contributed by atoms with Gasteiger partial charge in [-0.3, -0.25) is 0 Å². The lowest BCUT2D eigenvalue weighted by molar-refractivity contribution is 0.631. The fourth-order valence-corrected chi connectivity index (χ4v) is 2.49. The van der Waals surface area contributed by atoms with Crippen molar-refractivity contribution in [2.45, 2.75) is 0 Å². The minimum absolute atomic E-state index is 0.354. The Morgan fingerprint density at radius 1 is 1.28 bits per heavy atom. The molecule has 0 aliphatic carbocycles. The number of nitrogens with zero attached hydrogens (tertiary/aromatic N) is 1. The van der Waals surface area contributed by atoms with Crippen LogP contribution in [0, 0.1) is 5.82 Å². The Morgan fingerprint density at radius 3 is 2.89 bits per heavy atom. The Morgan fingerprint density at radius 2 is 2.11 bits per heavy atom. The van der Waals surface area contributed by atoms with E-state index in [0.717, 1.165) is 9.86 Å². The van der Waals surface area contributed by atoms with E-state index in [0.29, 0.717) is 21.9 Å². The lowest BCUT2D eigenvalue weighted by Gasteiger charge is -2.02. The summed E-state index contributed by atoms with van der Waals surface area (Å²) in [6, 6.07) is 8.37. The van der Waals surface area contributed by atoms with Crippen LogP contribution in [0.5, 0.6) is 0 Å². The molecule has 0 fully saturated rings. The molecule has 0 spiro atoms. The van der Waals surface area contributed by atoms with Crippen LogP contribution in [0.1, 0.15) is 0 Å². The number of hydrogen-bond acceptors (Lipinski definition) is 1. The summed E-state index contributed by atoms with van der Waals surface area (Å²) in [5, 5.41) is 1.28. The molecule has 0 aliphatic rings. The van der Waals surface area contributed by atoms with E-state index in [-0.39, 0.29) is 5.82 Å². The van der Waals surface area contributed by atoms with Crippen molar-refractivity contribution < 1.29 is 4.39 Å². The second-order valence-corrected chi connectivity index (χ2v) is 5.19. The number of hydrogen-bond donors (Lipinski definition) is 1. The lowest BCUT2D eigenvalue weighted by atomic mass is 10.1. The van der Waals surface area contributed by atoms with Crippen molar-refractivity contribution in [1.82, 2.24) is 9.97 Å². The Labute approximate surface area is 116 Å². The van der Waals surface area contributed by atoms with Gasteiger partial charge in [-0.15, -0.1) is 0 Å². The normalized spacial score (nSPS) is 11.1. The minimum Gasteiger partial charge on any atom is -0.339 e. The quantitative estimate of drug-likeness (QED) is 0.685. The molecular formula is C13H7BrClFN2. The maximum atomic E-state index is 13.8. The standard InChI is InChI=1S/C13H7BrClFN2/c14-8-4-7-5-11(18-13(7)17-6-8)12-9(15)2-1-3-10(12)16/h1-6H,(H,17,18). The highest BCUT2D eigenvalue weighted by molar-refractivity contribution is 9.10. The number of aromatic nitrogens is 2. The molecule has 3 aromatic rings. The Bertz CT molecular complexity index is 719. The molecule has 0 aliphatic heterocycles. The third-order valence-electron chi connectivity index (χ3n) is 2.67. The van der Waals surface area contributed by atoms with E-state index in [1.165, 1.54) is 6.07 Å². The zero-order chi connectivity index (χ0) is 12.7. The average Bonchev–Trinajstić information content (AvgIpc) is 2.71. The number of rotatable bonds is 1. The van der Waals surface area contributed by atoms with Crippen LogP contribution in [-0.2, 0) is 0 Å². The number of aromatic amines is 1. The summed E-state index contributed by atoms with van der Waals surface area (Å²) >= 11 is 9.38. The van der Waals surface area contributed by atoms with E-state index >= 15 is 0 Å². The Balaban J connectivity index is 2.26. The first-order chi connectivity index (χ1) is 8.65. The monoisotopic (exact) mass is 324 g/mol. The van der Waals surface area contributed by atoms with Gasteiger partial charge in [-0.25, -0.2) is 9.37 Å². The van der Waals surface area contributed by atoms with Crippen molar-refractivity contribution in [3.8, 4) is 11.3 Å². The fourth-order valence-electron chi connectivity index (χ4n) is 1.88. The molecule has 2 nitrogen and oxygen atoms in total. The second kappa shape index (κ2) is 4.37. The predicted molar refractivity (Wildman–Crippen MR) is 74.2 cm³/mol. The van der Waals surface area contributed by atoms with Crippen molar-refractivity contribution >= 4 is 38.6 Å². The van der Waals surface area contributed by atoms with Crippen LogP contribution in [-0.4, -0.2) is 9.97 Å². The summed E-state index contributed by atoms with van der Waals surface area (Å²) < 4.78 is 14.7. The smallest absolute Gasteiger partial charge is 0.137 e. The zero-order valence-corrected chi connectivity index (χ0v) is 11.4. The summed E-state index contributed by atoms with van der Waals surface area (Å²) in [5.41, 5.74) is 1.69. The van der Waals surface area contributed by atoms with Crippen molar-refractivity contribution in [2.75, 3.05) is 0 Å². The SMILES string of the molecule is Fc1cccc(Cl)c1-c1cc2cc(Br)cnc2[nH]1. The highest BCUT2D eigenvalue weighted by Crippen LogP contribution is 2.32. The van der Waals surface area contributed by atoms with E-state index in [4.69, 9.17) is 11.6 Å². The van der Waals surface area contributed by atoms with E-state index in [9.17, 15) is 4.39 Å². The van der Waals surface area contributed by atoms with Gasteiger partial charge in [0.2, 0.25) is 0 Å². The summed E-state index contributed by atoms with van der Waals surface area (Å²) in [4.78, 5) is 7.28. The van der Waals surface area contributed by atoms with Gasteiger partial charge in [0.1, 0.15) is 11.5 Å². The summed E-state index contributed by atoms with van der Waals surface area (Å²) in [6.07, 6.45) is 1.69. The number of fused-ring (bicyclic) bond motifs is 1. The van der Waals surface area contributed by atoms with Gasteiger partial charge in [0.25, 0.3) is 0 Å². The number of nitrogens with one attached hydrogen (secondary N) is 1. The fraction of sp³-hybridized carbons (Fsp3) is 0. The maximum Gasteiger partial charge on any atom is 0.137 e. The highest BCUT2D eigenvalue weighted by Gasteiger charge is 2.12. The first-order valence-corrected chi connectivity index (χ1v) is 6.41. The molecule has 0 saturated heterocycles. The third kappa shape index (κ3) is 1.91. The van der Waals surface area contributed by atoms with Crippen molar-refractivity contribution in [3.63, 3.8) is 0 Å². The molecule has 0 radical (unpaired) electrons. The molecule has 0 saturated carbocycles. The molecule has 2 aromatic heterocycles. The molecule has 0 atom stereocenters. The van der Waals surface area contributed by atoms with Crippen LogP contribution in [0.2, 0.25) is 5.02 Å². The molecule has 18 heavy (non-hydrogen) atoms. The molecule has 2 heterocycles. The van der Waals surface area contributed by atoms with Gasteiger partial charge in [-0.05, 0) is 40.2 Å². The largest absolute Gasteiger partial charge is 0.339 e. The number of benzene rings is 1. The topological polar surface area (TPSA) is 28.7 Å². The molecule has 0 amide bonds. The molecule has 0 bridgehead atoms. The van der Waals surface area contributed by atoms with Gasteiger partial charge < -0.3 is 4.98 Å². The summed E-state index contributed by atoms with van der Waals surface area (Å²) in [6.45, 7) is 0. The van der Waals surface area contributed by atoms with Gasteiger partial charge in [0.15, 0.2) is 0 Å². The van der Waals surface area contributed by atoms with Crippen LogP contribution >= 0.6 is 27.5 Å². The van der Waals surface area contributed by atoms with Gasteiger partial charge >= 0.3 is 0 Å². The predicted octanol–water partition coefficient (Wildman–Crippen LogP) is 4.78. The van der Waals surface area contributed by atoms with Crippen LogP contribution in [0.3, 0.4) is 0 Å². The van der Waals surface area contributed by atoms with E-state index < -0.39 is 0 Å². The van der Waals surface area contributed by atoms with Crippen molar-refractivity contribution in [3.05, 3.63) is 51.8 Å². The molecule has 1 aromatic carbocycles. The minimum atomic E-state index is -0.354. The van der Waals surface area contributed by atoms with Crippen LogP contribution < -0.4 is 0 Å². The molecule has 1 N–H and O–H groups in total. The average molecular weight is 326 g/mol. The van der Waals surface area contributed by atoms with Crippen molar-refractivity contribution in [2.24, 2.45) is 0 Å². The van der Waals surface area contributed by atoms with Gasteiger partial charge in [0, 0.05) is 16.1 Å².